The van der Waals surface area contributed by atoms with Crippen LogP contribution in [0, 0.1) is 5.92 Å². The van der Waals surface area contributed by atoms with E-state index < -0.39 is 0 Å². The van der Waals surface area contributed by atoms with Gasteiger partial charge in [0.25, 0.3) is 5.91 Å². The number of rotatable bonds is 6. The lowest BCUT2D eigenvalue weighted by molar-refractivity contribution is 0.0948. The molecule has 0 heterocycles. The number of nitrogens with two attached hydrogens (primary N) is 1. The van der Waals surface area contributed by atoms with Crippen LogP contribution in [-0.4, -0.2) is 19.0 Å². The molecule has 3 heteroatoms. The minimum atomic E-state index is -0.0200. The Hall–Kier alpha value is -1.35. The van der Waals surface area contributed by atoms with Crippen LogP contribution >= 0.6 is 0 Å². The summed E-state index contributed by atoms with van der Waals surface area (Å²) in [5.41, 5.74) is 7.49. The molecule has 17 heavy (non-hydrogen) atoms. The number of hydrogen-bond donors (Lipinski definition) is 2. The highest BCUT2D eigenvalue weighted by molar-refractivity contribution is 5.94. The van der Waals surface area contributed by atoms with Crippen LogP contribution in [0.5, 0.6) is 0 Å². The number of nitrogens with one attached hydrogen (secondary N) is 1. The maximum atomic E-state index is 11.8. The third-order valence-electron chi connectivity index (χ3n) is 2.77. The molecule has 1 atom stereocenters. The molecule has 1 aromatic carbocycles. The number of aryl methyl sites for hydroxylation is 1. The van der Waals surface area contributed by atoms with Crippen LogP contribution in [0.15, 0.2) is 24.3 Å². The van der Waals surface area contributed by atoms with Crippen LogP contribution in [0.1, 0.15) is 36.2 Å². The van der Waals surface area contributed by atoms with Crippen LogP contribution in [-0.2, 0) is 6.42 Å². The van der Waals surface area contributed by atoms with Crippen molar-refractivity contribution in [3.63, 3.8) is 0 Å². The quantitative estimate of drug-likeness (QED) is 0.790. The maximum Gasteiger partial charge on any atom is 0.251 e. The van der Waals surface area contributed by atoms with Crippen LogP contribution < -0.4 is 11.1 Å². The number of carbonyl (C=O) groups is 1. The van der Waals surface area contributed by atoms with Gasteiger partial charge in [-0.2, -0.15) is 0 Å². The molecular weight excluding hydrogens is 212 g/mol. The van der Waals surface area contributed by atoms with Gasteiger partial charge in [0.05, 0.1) is 0 Å². The van der Waals surface area contributed by atoms with Gasteiger partial charge in [-0.25, -0.2) is 0 Å². The summed E-state index contributed by atoms with van der Waals surface area (Å²) < 4.78 is 0. The van der Waals surface area contributed by atoms with Gasteiger partial charge in [0, 0.05) is 12.1 Å². The average Bonchev–Trinajstić information content (AvgIpc) is 2.36. The average molecular weight is 234 g/mol. The second kappa shape index (κ2) is 7.07. The number of carbonyl (C=O) groups excluding carboxylic acids is 1. The van der Waals surface area contributed by atoms with E-state index in [0.29, 0.717) is 24.6 Å². The van der Waals surface area contributed by atoms with Gasteiger partial charge in [-0.05, 0) is 36.6 Å². The third kappa shape index (κ3) is 4.57. The van der Waals surface area contributed by atoms with Gasteiger partial charge in [-0.15, -0.1) is 0 Å². The van der Waals surface area contributed by atoms with Crippen molar-refractivity contribution in [1.82, 2.24) is 5.32 Å². The van der Waals surface area contributed by atoms with Crippen molar-refractivity contribution in [2.45, 2.75) is 26.7 Å². The smallest absolute Gasteiger partial charge is 0.251 e. The Bertz CT molecular complexity index is 346. The summed E-state index contributed by atoms with van der Waals surface area (Å²) >= 11 is 0. The SMILES string of the molecule is CCCc1ccc(C(=O)NCC(C)CN)cc1. The topological polar surface area (TPSA) is 55.1 Å². The van der Waals surface area contributed by atoms with Crippen molar-refractivity contribution < 1.29 is 4.79 Å². The highest BCUT2D eigenvalue weighted by atomic mass is 16.1. The van der Waals surface area contributed by atoms with Crippen molar-refractivity contribution in [2.24, 2.45) is 11.7 Å². The molecule has 0 aliphatic carbocycles. The van der Waals surface area contributed by atoms with Crippen LogP contribution in [0.4, 0.5) is 0 Å². The first-order valence-electron chi connectivity index (χ1n) is 6.24. The van der Waals surface area contributed by atoms with Crippen molar-refractivity contribution in [2.75, 3.05) is 13.1 Å². The molecule has 0 fully saturated rings. The minimum Gasteiger partial charge on any atom is -0.352 e. The third-order valence-corrected chi connectivity index (χ3v) is 2.77. The molecule has 0 saturated heterocycles. The standard InChI is InChI=1S/C14H22N2O/c1-3-4-12-5-7-13(8-6-12)14(17)16-10-11(2)9-15/h5-8,11H,3-4,9-10,15H2,1-2H3,(H,16,17). The Morgan fingerprint density at radius 2 is 2.00 bits per heavy atom. The fraction of sp³-hybridized carbons (Fsp3) is 0.500. The Morgan fingerprint density at radius 1 is 1.35 bits per heavy atom. The molecule has 1 rings (SSSR count). The summed E-state index contributed by atoms with van der Waals surface area (Å²) in [5.74, 6) is 0.298. The zero-order chi connectivity index (χ0) is 12.7. The van der Waals surface area contributed by atoms with Crippen molar-refractivity contribution >= 4 is 5.91 Å². The van der Waals surface area contributed by atoms with Gasteiger partial charge < -0.3 is 11.1 Å². The van der Waals surface area contributed by atoms with E-state index in [1.807, 2.05) is 31.2 Å². The molecule has 0 aliphatic rings. The lowest BCUT2D eigenvalue weighted by atomic mass is 10.1. The van der Waals surface area contributed by atoms with Gasteiger partial charge >= 0.3 is 0 Å². The van der Waals surface area contributed by atoms with Gasteiger partial charge in [0.15, 0.2) is 0 Å². The van der Waals surface area contributed by atoms with E-state index in [4.69, 9.17) is 5.73 Å². The number of hydrogen-bond acceptors (Lipinski definition) is 2. The van der Waals surface area contributed by atoms with E-state index in [-0.39, 0.29) is 5.91 Å². The fourth-order valence-corrected chi connectivity index (χ4v) is 1.56. The molecule has 1 unspecified atom stereocenters. The highest BCUT2D eigenvalue weighted by Crippen LogP contribution is 2.06. The molecule has 0 aromatic heterocycles. The van der Waals surface area contributed by atoms with Crippen LogP contribution in [0.25, 0.3) is 0 Å². The minimum absolute atomic E-state index is 0.0200. The van der Waals surface area contributed by atoms with Gasteiger partial charge in [-0.3, -0.25) is 4.79 Å². The van der Waals surface area contributed by atoms with E-state index in [2.05, 4.69) is 12.2 Å². The van der Waals surface area contributed by atoms with E-state index in [1.165, 1.54) is 5.56 Å². The molecule has 1 amide bonds. The Balaban J connectivity index is 2.51. The molecule has 0 aliphatic heterocycles. The van der Waals surface area contributed by atoms with E-state index in [0.717, 1.165) is 12.8 Å². The summed E-state index contributed by atoms with van der Waals surface area (Å²) in [6.45, 7) is 5.39. The first kappa shape index (κ1) is 13.7. The van der Waals surface area contributed by atoms with Gasteiger partial charge in [0.2, 0.25) is 0 Å². The molecule has 0 saturated carbocycles. The summed E-state index contributed by atoms with van der Waals surface area (Å²) in [6.07, 6.45) is 2.19. The zero-order valence-electron chi connectivity index (χ0n) is 10.7. The summed E-state index contributed by atoms with van der Waals surface area (Å²) in [6, 6.07) is 7.80. The predicted octanol–water partition coefficient (Wildman–Crippen LogP) is 1.96. The lowest BCUT2D eigenvalue weighted by Gasteiger charge is -2.10. The van der Waals surface area contributed by atoms with Crippen molar-refractivity contribution in [3.8, 4) is 0 Å². The monoisotopic (exact) mass is 234 g/mol. The van der Waals surface area contributed by atoms with Gasteiger partial charge in [0.1, 0.15) is 0 Å². The molecule has 94 valence electrons. The molecule has 0 radical (unpaired) electrons. The zero-order valence-corrected chi connectivity index (χ0v) is 10.7. The number of amides is 1. The molecule has 3 nitrogen and oxygen atoms in total. The normalized spacial score (nSPS) is 12.2. The van der Waals surface area contributed by atoms with Crippen molar-refractivity contribution in [3.05, 3.63) is 35.4 Å². The van der Waals surface area contributed by atoms with E-state index >= 15 is 0 Å². The Labute approximate surface area is 103 Å². The van der Waals surface area contributed by atoms with E-state index in [9.17, 15) is 4.79 Å². The molecule has 3 N–H and O–H groups in total. The molecule has 0 spiro atoms. The Kier molecular flexibility index (Phi) is 5.70. The summed E-state index contributed by atoms with van der Waals surface area (Å²) in [7, 11) is 0. The maximum absolute atomic E-state index is 11.8. The van der Waals surface area contributed by atoms with E-state index in [1.54, 1.807) is 0 Å². The predicted molar refractivity (Wildman–Crippen MR) is 71.0 cm³/mol. The molecule has 0 bridgehead atoms. The first-order chi connectivity index (χ1) is 8.17. The summed E-state index contributed by atoms with van der Waals surface area (Å²) in [4.78, 5) is 11.8. The molecule has 1 aromatic rings. The Morgan fingerprint density at radius 3 is 2.53 bits per heavy atom. The first-order valence-corrected chi connectivity index (χ1v) is 6.24. The highest BCUT2D eigenvalue weighted by Gasteiger charge is 2.06. The largest absolute Gasteiger partial charge is 0.352 e. The molecular formula is C14H22N2O. The lowest BCUT2D eigenvalue weighted by Crippen LogP contribution is -2.31. The van der Waals surface area contributed by atoms with Crippen molar-refractivity contribution in [1.29, 1.82) is 0 Å². The second-order valence-electron chi connectivity index (χ2n) is 4.50. The summed E-state index contributed by atoms with van der Waals surface area (Å²) in [5, 5.41) is 2.88. The fourth-order valence-electron chi connectivity index (χ4n) is 1.56. The van der Waals surface area contributed by atoms with Crippen LogP contribution in [0.2, 0.25) is 0 Å². The van der Waals surface area contributed by atoms with Crippen LogP contribution in [0.3, 0.4) is 0 Å². The van der Waals surface area contributed by atoms with Gasteiger partial charge in [-0.1, -0.05) is 32.4 Å². The second-order valence-corrected chi connectivity index (χ2v) is 4.50. The number of benzene rings is 1.